The van der Waals surface area contributed by atoms with Gasteiger partial charge in [-0.2, -0.15) is 0 Å². The first kappa shape index (κ1) is 19.2. The highest BCUT2D eigenvalue weighted by atomic mass is 16.5. The first-order valence-electron chi connectivity index (χ1n) is 9.93. The fraction of sp³-hybridized carbons (Fsp3) is 1.00. The van der Waals surface area contributed by atoms with Crippen molar-refractivity contribution in [1.82, 2.24) is 4.90 Å². The van der Waals surface area contributed by atoms with Gasteiger partial charge in [-0.1, -0.05) is 33.6 Å². The fourth-order valence-electron chi connectivity index (χ4n) is 4.67. The van der Waals surface area contributed by atoms with E-state index >= 15 is 0 Å². The zero-order chi connectivity index (χ0) is 17.0. The maximum Gasteiger partial charge on any atom is 0.0900 e. The average molecular weight is 326 g/mol. The minimum atomic E-state index is -0.358. The Labute approximate surface area is 143 Å². The van der Waals surface area contributed by atoms with Crippen LogP contribution in [0.25, 0.3) is 0 Å². The van der Waals surface area contributed by atoms with E-state index < -0.39 is 0 Å². The van der Waals surface area contributed by atoms with Crippen LogP contribution in [0.2, 0.25) is 0 Å². The summed E-state index contributed by atoms with van der Waals surface area (Å²) in [5, 5.41) is 10.5. The number of rotatable bonds is 6. The van der Waals surface area contributed by atoms with Crippen molar-refractivity contribution in [2.75, 3.05) is 13.2 Å². The number of β-amino-alcohol motifs (C(OH)–C–C–N with tert-alkyl or cyclic N) is 1. The highest BCUT2D eigenvalue weighted by Crippen LogP contribution is 2.35. The second-order valence-corrected chi connectivity index (χ2v) is 8.68. The molecule has 2 fully saturated rings. The maximum atomic E-state index is 10.5. The molecule has 0 aromatic rings. The number of aliphatic hydroxyl groups excluding tert-OH is 1. The van der Waals surface area contributed by atoms with Crippen LogP contribution in [0, 0.1) is 17.8 Å². The van der Waals surface area contributed by atoms with Gasteiger partial charge in [0, 0.05) is 18.6 Å². The van der Waals surface area contributed by atoms with E-state index in [2.05, 4.69) is 39.5 Å². The SMILES string of the molecule is CC(C)[C@@H]1CC[C@@H](C)C[C@H]1OC[C@H](O)CN1[C@H](C)CCC[C@@H]1C. The first-order valence-corrected chi connectivity index (χ1v) is 9.93. The molecular formula is C20H39NO2. The van der Waals surface area contributed by atoms with E-state index in [4.69, 9.17) is 4.74 Å². The van der Waals surface area contributed by atoms with E-state index in [9.17, 15) is 5.11 Å². The molecule has 1 saturated heterocycles. The molecule has 2 rings (SSSR count). The first-order chi connectivity index (χ1) is 10.9. The smallest absolute Gasteiger partial charge is 0.0900 e. The zero-order valence-electron chi connectivity index (χ0n) is 16.0. The van der Waals surface area contributed by atoms with Gasteiger partial charge in [0.1, 0.15) is 0 Å². The summed E-state index contributed by atoms with van der Waals surface area (Å²) >= 11 is 0. The second kappa shape index (κ2) is 8.82. The van der Waals surface area contributed by atoms with Gasteiger partial charge in [0.15, 0.2) is 0 Å². The Morgan fingerprint density at radius 1 is 1.04 bits per heavy atom. The van der Waals surface area contributed by atoms with Crippen LogP contribution in [0.5, 0.6) is 0 Å². The van der Waals surface area contributed by atoms with Crippen LogP contribution in [-0.2, 0) is 4.74 Å². The fourth-order valence-corrected chi connectivity index (χ4v) is 4.67. The molecule has 0 aromatic carbocycles. The molecule has 1 heterocycles. The van der Waals surface area contributed by atoms with Gasteiger partial charge in [-0.25, -0.2) is 0 Å². The molecule has 0 spiro atoms. The van der Waals surface area contributed by atoms with Crippen molar-refractivity contribution in [1.29, 1.82) is 0 Å². The third kappa shape index (κ3) is 5.44. The van der Waals surface area contributed by atoms with Crippen molar-refractivity contribution in [3.63, 3.8) is 0 Å². The lowest BCUT2D eigenvalue weighted by atomic mass is 9.75. The number of nitrogens with zero attached hydrogens (tertiary/aromatic N) is 1. The molecule has 1 aliphatic carbocycles. The number of hydrogen-bond donors (Lipinski definition) is 1. The Hall–Kier alpha value is -0.120. The molecule has 136 valence electrons. The van der Waals surface area contributed by atoms with Crippen molar-refractivity contribution >= 4 is 0 Å². The van der Waals surface area contributed by atoms with E-state index in [1.165, 1.54) is 32.1 Å². The number of aliphatic hydroxyl groups is 1. The molecule has 0 aromatic heterocycles. The molecule has 3 heteroatoms. The minimum absolute atomic E-state index is 0.338. The van der Waals surface area contributed by atoms with Gasteiger partial charge >= 0.3 is 0 Å². The van der Waals surface area contributed by atoms with Gasteiger partial charge in [0.25, 0.3) is 0 Å². The molecular weight excluding hydrogens is 286 g/mol. The van der Waals surface area contributed by atoms with Gasteiger partial charge in [-0.3, -0.25) is 4.90 Å². The second-order valence-electron chi connectivity index (χ2n) is 8.68. The molecule has 6 atom stereocenters. The molecule has 0 bridgehead atoms. The maximum absolute atomic E-state index is 10.5. The molecule has 1 aliphatic heterocycles. The van der Waals surface area contributed by atoms with E-state index in [0.717, 1.165) is 18.9 Å². The summed E-state index contributed by atoms with van der Waals surface area (Å²) in [5.41, 5.74) is 0. The van der Waals surface area contributed by atoms with Crippen LogP contribution >= 0.6 is 0 Å². The Morgan fingerprint density at radius 2 is 1.70 bits per heavy atom. The normalized spacial score (nSPS) is 38.0. The van der Waals surface area contributed by atoms with Crippen molar-refractivity contribution in [2.45, 2.75) is 97.4 Å². The van der Waals surface area contributed by atoms with E-state index in [0.29, 0.717) is 36.6 Å². The Kier molecular flexibility index (Phi) is 7.37. The molecule has 1 N–H and O–H groups in total. The lowest BCUT2D eigenvalue weighted by Gasteiger charge is -2.41. The number of ether oxygens (including phenoxy) is 1. The Bertz CT molecular complexity index is 337. The minimum Gasteiger partial charge on any atom is -0.389 e. The number of piperidine rings is 1. The summed E-state index contributed by atoms with van der Waals surface area (Å²) in [7, 11) is 0. The van der Waals surface area contributed by atoms with Gasteiger partial charge in [-0.15, -0.1) is 0 Å². The van der Waals surface area contributed by atoms with Crippen molar-refractivity contribution in [3.8, 4) is 0 Å². The molecule has 0 unspecified atom stereocenters. The van der Waals surface area contributed by atoms with Crippen LogP contribution < -0.4 is 0 Å². The summed E-state index contributed by atoms with van der Waals surface area (Å²) in [6, 6.07) is 1.18. The summed E-state index contributed by atoms with van der Waals surface area (Å²) in [4.78, 5) is 2.47. The molecule has 2 aliphatic rings. The molecule has 1 saturated carbocycles. The van der Waals surface area contributed by atoms with Crippen LogP contribution in [0.3, 0.4) is 0 Å². The van der Waals surface area contributed by atoms with Gasteiger partial charge in [-0.05, 0) is 57.3 Å². The third-order valence-electron chi connectivity index (χ3n) is 6.26. The van der Waals surface area contributed by atoms with Crippen LogP contribution in [0.1, 0.15) is 73.1 Å². The Balaban J connectivity index is 1.81. The van der Waals surface area contributed by atoms with Crippen LogP contribution in [0.15, 0.2) is 0 Å². The van der Waals surface area contributed by atoms with Gasteiger partial charge in [0.2, 0.25) is 0 Å². The number of hydrogen-bond acceptors (Lipinski definition) is 3. The highest BCUT2D eigenvalue weighted by Gasteiger charge is 2.32. The van der Waals surface area contributed by atoms with Crippen molar-refractivity contribution < 1.29 is 9.84 Å². The lowest BCUT2D eigenvalue weighted by Crippen LogP contribution is -2.48. The van der Waals surface area contributed by atoms with Crippen LogP contribution in [0.4, 0.5) is 0 Å². The third-order valence-corrected chi connectivity index (χ3v) is 6.26. The summed E-state index contributed by atoms with van der Waals surface area (Å²) < 4.78 is 6.22. The zero-order valence-corrected chi connectivity index (χ0v) is 16.0. The predicted octanol–water partition coefficient (Wildman–Crippen LogP) is 4.09. The quantitative estimate of drug-likeness (QED) is 0.798. The average Bonchev–Trinajstić information content (AvgIpc) is 2.49. The monoisotopic (exact) mass is 325 g/mol. The van der Waals surface area contributed by atoms with Gasteiger partial charge < -0.3 is 9.84 Å². The summed E-state index contributed by atoms with van der Waals surface area (Å²) in [6.45, 7) is 12.8. The highest BCUT2D eigenvalue weighted by molar-refractivity contribution is 4.83. The summed E-state index contributed by atoms with van der Waals surface area (Å²) in [6.07, 6.45) is 7.58. The summed E-state index contributed by atoms with van der Waals surface area (Å²) in [5.74, 6) is 2.09. The molecule has 0 amide bonds. The van der Waals surface area contributed by atoms with Crippen LogP contribution in [-0.4, -0.2) is 47.4 Å². The van der Waals surface area contributed by atoms with Gasteiger partial charge in [0.05, 0.1) is 18.8 Å². The largest absolute Gasteiger partial charge is 0.389 e. The molecule has 0 radical (unpaired) electrons. The topological polar surface area (TPSA) is 32.7 Å². The van der Waals surface area contributed by atoms with Crippen molar-refractivity contribution in [3.05, 3.63) is 0 Å². The Morgan fingerprint density at radius 3 is 2.30 bits per heavy atom. The van der Waals surface area contributed by atoms with E-state index in [1.807, 2.05) is 0 Å². The molecule has 23 heavy (non-hydrogen) atoms. The lowest BCUT2D eigenvalue weighted by molar-refractivity contribution is -0.0793. The standard InChI is InChI=1S/C20H39NO2/c1-14(2)19-10-9-15(3)11-20(19)23-13-18(22)12-21-16(4)7-6-8-17(21)5/h14-20,22H,6-13H2,1-5H3/t15-,16-,17+,18-,19+,20-/m1/s1. The molecule has 3 nitrogen and oxygen atoms in total. The predicted molar refractivity (Wildman–Crippen MR) is 96.6 cm³/mol. The van der Waals surface area contributed by atoms with E-state index in [-0.39, 0.29) is 6.10 Å². The van der Waals surface area contributed by atoms with Crippen molar-refractivity contribution in [2.24, 2.45) is 17.8 Å². The van der Waals surface area contributed by atoms with E-state index in [1.54, 1.807) is 0 Å². The number of likely N-dealkylation sites (tertiary alicyclic amines) is 1.